The van der Waals surface area contributed by atoms with Crippen molar-refractivity contribution in [3.63, 3.8) is 0 Å². The van der Waals surface area contributed by atoms with Gasteiger partial charge in [-0.3, -0.25) is 0 Å². The van der Waals surface area contributed by atoms with Gasteiger partial charge in [-0.25, -0.2) is 0 Å². The van der Waals surface area contributed by atoms with Crippen molar-refractivity contribution in [1.82, 2.24) is 0 Å². The summed E-state index contributed by atoms with van der Waals surface area (Å²) in [5, 5.41) is 1.11. The molecule has 0 N–H and O–H groups in total. The maximum atomic E-state index is 6.53. The summed E-state index contributed by atoms with van der Waals surface area (Å²) < 4.78 is 19.5. The van der Waals surface area contributed by atoms with E-state index in [-0.39, 0.29) is 0 Å². The first-order valence-corrected chi connectivity index (χ1v) is 14.5. The number of hydrogen-bond acceptors (Lipinski definition) is 3. The number of benzene rings is 1. The zero-order valence-electron chi connectivity index (χ0n) is 20.1. The Morgan fingerprint density at radius 2 is 0.867 bits per heavy atom. The van der Waals surface area contributed by atoms with Crippen molar-refractivity contribution in [1.29, 1.82) is 0 Å². The topological polar surface area (TPSA) is 27.7 Å². The van der Waals surface area contributed by atoms with Crippen molar-refractivity contribution in [2.24, 2.45) is 0 Å². The molecule has 0 spiro atoms. The van der Waals surface area contributed by atoms with Gasteiger partial charge in [-0.15, -0.1) is 0 Å². The lowest BCUT2D eigenvalue weighted by Crippen LogP contribution is -2.57. The van der Waals surface area contributed by atoms with Crippen molar-refractivity contribution < 1.29 is 13.3 Å². The molecule has 0 bridgehead atoms. The Kier molecular flexibility index (Phi) is 17.4. The third-order valence-electron chi connectivity index (χ3n) is 5.50. The van der Waals surface area contributed by atoms with E-state index in [1.165, 1.54) is 70.6 Å². The van der Waals surface area contributed by atoms with Crippen LogP contribution >= 0.6 is 0 Å². The summed E-state index contributed by atoms with van der Waals surface area (Å²) in [5.41, 5.74) is 0. The number of hydrogen-bond donors (Lipinski definition) is 0. The lowest BCUT2D eigenvalue weighted by Gasteiger charge is -2.30. The van der Waals surface area contributed by atoms with Gasteiger partial charge in [0.25, 0.3) is 0 Å². The van der Waals surface area contributed by atoms with Gasteiger partial charge in [0, 0.05) is 25.0 Å². The second kappa shape index (κ2) is 19.0. The van der Waals surface area contributed by atoms with E-state index < -0.39 is 8.80 Å². The summed E-state index contributed by atoms with van der Waals surface area (Å²) in [7, 11) is -2.87. The predicted molar refractivity (Wildman–Crippen MR) is 131 cm³/mol. The summed E-state index contributed by atoms with van der Waals surface area (Å²) in [5.74, 6) is 0. The Morgan fingerprint density at radius 1 is 0.500 bits per heavy atom. The molecule has 0 saturated heterocycles. The Morgan fingerprint density at radius 3 is 1.30 bits per heavy atom. The fraction of sp³-hybridized carbons (Fsp3) is 0.769. The maximum Gasteiger partial charge on any atom is 0.537 e. The number of unbranched alkanes of at least 4 members (excludes halogenated alkanes) is 11. The van der Waals surface area contributed by atoms with E-state index in [9.17, 15) is 0 Å². The minimum absolute atomic E-state index is 0.729. The molecule has 1 aromatic carbocycles. The molecule has 1 rings (SSSR count). The lowest BCUT2D eigenvalue weighted by molar-refractivity contribution is 0.0689. The molecule has 0 atom stereocenters. The first-order chi connectivity index (χ1) is 14.8. The van der Waals surface area contributed by atoms with Crippen LogP contribution in [0.5, 0.6) is 0 Å². The van der Waals surface area contributed by atoms with E-state index >= 15 is 0 Å². The SMILES string of the molecule is CCCCCCCCO[Si](OCCCCCC)(OCCCCCC)c1ccccc1. The van der Waals surface area contributed by atoms with Crippen molar-refractivity contribution >= 4 is 14.0 Å². The Balaban J connectivity index is 2.71. The molecule has 30 heavy (non-hydrogen) atoms. The molecular formula is C26H48O3Si. The Bertz CT molecular complexity index is 466. The van der Waals surface area contributed by atoms with Crippen LogP contribution in [-0.4, -0.2) is 28.6 Å². The van der Waals surface area contributed by atoms with Crippen LogP contribution in [0.1, 0.15) is 111 Å². The van der Waals surface area contributed by atoms with Crippen molar-refractivity contribution in [3.8, 4) is 0 Å². The molecule has 0 aliphatic heterocycles. The third kappa shape index (κ3) is 12.2. The van der Waals surface area contributed by atoms with Gasteiger partial charge in [0.2, 0.25) is 0 Å². The molecule has 0 heterocycles. The quantitative estimate of drug-likeness (QED) is 0.148. The molecule has 0 amide bonds. The van der Waals surface area contributed by atoms with Gasteiger partial charge in [0.1, 0.15) is 0 Å². The largest absolute Gasteiger partial charge is 0.537 e. The van der Waals surface area contributed by atoms with Crippen LogP contribution in [0.4, 0.5) is 0 Å². The zero-order valence-corrected chi connectivity index (χ0v) is 21.1. The molecule has 4 heteroatoms. The van der Waals surface area contributed by atoms with E-state index in [0.717, 1.165) is 44.3 Å². The van der Waals surface area contributed by atoms with Crippen LogP contribution in [0.15, 0.2) is 30.3 Å². The predicted octanol–water partition coefficient (Wildman–Crippen LogP) is 7.40. The molecule has 0 saturated carbocycles. The van der Waals surface area contributed by atoms with Gasteiger partial charge in [0.05, 0.1) is 0 Å². The van der Waals surface area contributed by atoms with Gasteiger partial charge in [-0.2, -0.15) is 0 Å². The highest BCUT2D eigenvalue weighted by Crippen LogP contribution is 2.16. The summed E-state index contributed by atoms with van der Waals surface area (Å²) >= 11 is 0. The molecule has 0 unspecified atom stereocenters. The normalized spacial score (nSPS) is 11.8. The lowest BCUT2D eigenvalue weighted by atomic mass is 10.1. The highest BCUT2D eigenvalue weighted by Gasteiger charge is 2.43. The fourth-order valence-electron chi connectivity index (χ4n) is 3.58. The highest BCUT2D eigenvalue weighted by atomic mass is 28.4. The third-order valence-corrected chi connectivity index (χ3v) is 8.29. The summed E-state index contributed by atoms with van der Waals surface area (Å²) in [6, 6.07) is 10.5. The standard InChI is InChI=1S/C26H48O3Si/c1-4-7-10-13-14-20-25-29-30(26-21-16-15-17-22-26,27-23-18-11-8-5-2)28-24-19-12-9-6-3/h15-17,21-22H,4-14,18-20,23-25H2,1-3H3. The maximum absolute atomic E-state index is 6.53. The molecule has 0 fully saturated rings. The van der Waals surface area contributed by atoms with Crippen LogP contribution in [0.25, 0.3) is 0 Å². The second-order valence-corrected chi connectivity index (χ2v) is 10.9. The van der Waals surface area contributed by atoms with Crippen LogP contribution in [0.3, 0.4) is 0 Å². The summed E-state index contributed by atoms with van der Waals surface area (Å²) in [6.45, 7) is 8.94. The zero-order chi connectivity index (χ0) is 21.8. The monoisotopic (exact) mass is 436 g/mol. The van der Waals surface area contributed by atoms with E-state index in [2.05, 4.69) is 51.1 Å². The van der Waals surface area contributed by atoms with Crippen LogP contribution in [0, 0.1) is 0 Å². The van der Waals surface area contributed by atoms with E-state index in [1.54, 1.807) is 0 Å². The molecule has 174 valence electrons. The smallest absolute Gasteiger partial charge is 0.370 e. The first kappa shape index (κ1) is 27.4. The second-order valence-electron chi connectivity index (χ2n) is 8.36. The molecule has 0 aromatic heterocycles. The van der Waals surface area contributed by atoms with Gasteiger partial charge < -0.3 is 13.3 Å². The summed E-state index contributed by atoms with van der Waals surface area (Å²) in [6.07, 6.45) is 17.2. The Labute approximate surface area is 188 Å². The Hall–Kier alpha value is -0.683. The average molecular weight is 437 g/mol. The van der Waals surface area contributed by atoms with Gasteiger partial charge in [-0.1, -0.05) is 122 Å². The molecule has 3 nitrogen and oxygen atoms in total. The van der Waals surface area contributed by atoms with Crippen LogP contribution in [-0.2, 0) is 13.3 Å². The van der Waals surface area contributed by atoms with Crippen LogP contribution < -0.4 is 5.19 Å². The molecule has 0 aliphatic carbocycles. The average Bonchev–Trinajstić information content (AvgIpc) is 2.78. The van der Waals surface area contributed by atoms with Crippen molar-refractivity contribution in [2.45, 2.75) is 111 Å². The molecule has 1 aromatic rings. The van der Waals surface area contributed by atoms with E-state index in [0.29, 0.717) is 0 Å². The minimum Gasteiger partial charge on any atom is -0.370 e. The van der Waals surface area contributed by atoms with E-state index in [1.807, 2.05) is 0 Å². The molecular weight excluding hydrogens is 388 g/mol. The van der Waals surface area contributed by atoms with Crippen molar-refractivity contribution in [3.05, 3.63) is 30.3 Å². The van der Waals surface area contributed by atoms with Crippen molar-refractivity contribution in [2.75, 3.05) is 19.8 Å². The summed E-state index contributed by atoms with van der Waals surface area (Å²) in [4.78, 5) is 0. The van der Waals surface area contributed by atoms with Crippen LogP contribution in [0.2, 0.25) is 0 Å². The molecule has 0 aliphatic rings. The van der Waals surface area contributed by atoms with E-state index in [4.69, 9.17) is 13.3 Å². The van der Waals surface area contributed by atoms with Gasteiger partial charge in [-0.05, 0) is 19.3 Å². The molecule has 0 radical (unpaired) electrons. The number of rotatable bonds is 21. The highest BCUT2D eigenvalue weighted by molar-refractivity contribution is 6.75. The minimum atomic E-state index is -2.87. The van der Waals surface area contributed by atoms with Gasteiger partial charge >= 0.3 is 8.80 Å². The first-order valence-electron chi connectivity index (χ1n) is 12.8. The van der Waals surface area contributed by atoms with Gasteiger partial charge in [0.15, 0.2) is 0 Å². The fourth-order valence-corrected chi connectivity index (χ4v) is 6.17.